The molecule has 0 spiro atoms. The molecule has 1 aromatic carbocycles. The second-order valence-electron chi connectivity index (χ2n) is 4.50. The quantitative estimate of drug-likeness (QED) is 0.889. The van der Waals surface area contributed by atoms with Gasteiger partial charge in [0, 0.05) is 38.3 Å². The number of benzene rings is 1. The summed E-state index contributed by atoms with van der Waals surface area (Å²) >= 11 is 0. The number of nitrogens with zero attached hydrogens (tertiary/aromatic N) is 2. The van der Waals surface area contributed by atoms with Crippen LogP contribution in [0, 0.1) is 11.6 Å². The molecule has 0 radical (unpaired) electrons. The Kier molecular flexibility index (Phi) is 4.14. The van der Waals surface area contributed by atoms with E-state index in [4.69, 9.17) is 5.73 Å². The highest BCUT2D eigenvalue weighted by Crippen LogP contribution is 2.25. The van der Waals surface area contributed by atoms with E-state index in [0.29, 0.717) is 5.69 Å². The van der Waals surface area contributed by atoms with E-state index in [1.165, 1.54) is 0 Å². The van der Waals surface area contributed by atoms with E-state index in [1.807, 2.05) is 4.90 Å². The average molecular weight is 255 g/mol. The Morgan fingerprint density at radius 1 is 1.11 bits per heavy atom. The molecule has 0 amide bonds. The highest BCUT2D eigenvalue weighted by atomic mass is 19.2. The van der Waals surface area contributed by atoms with Gasteiger partial charge in [0.2, 0.25) is 0 Å². The van der Waals surface area contributed by atoms with Crippen molar-refractivity contribution in [1.29, 1.82) is 0 Å². The fraction of sp³-hybridized carbons (Fsp3) is 0.538. The smallest absolute Gasteiger partial charge is 0.182 e. The molecular formula is C13H19F2N3. The maximum atomic E-state index is 13.9. The standard InChI is InChI=1S/C13H19F2N3/c1-2-17-5-7-18(8-6-17)11-4-3-10(9-16)12(14)13(11)15/h3-4H,2,5-9,16H2,1H3. The van der Waals surface area contributed by atoms with Gasteiger partial charge in [-0.25, -0.2) is 8.78 Å². The van der Waals surface area contributed by atoms with E-state index in [-0.39, 0.29) is 12.1 Å². The molecule has 0 saturated carbocycles. The minimum absolute atomic E-state index is 0.0205. The third-order valence-corrected chi connectivity index (χ3v) is 3.52. The number of likely N-dealkylation sites (N-methyl/N-ethyl adjacent to an activating group) is 1. The van der Waals surface area contributed by atoms with Crippen molar-refractivity contribution < 1.29 is 8.78 Å². The second-order valence-corrected chi connectivity index (χ2v) is 4.50. The van der Waals surface area contributed by atoms with Crippen LogP contribution in [-0.4, -0.2) is 37.6 Å². The minimum atomic E-state index is -0.812. The van der Waals surface area contributed by atoms with Crippen LogP contribution in [0.2, 0.25) is 0 Å². The molecule has 0 bridgehead atoms. The van der Waals surface area contributed by atoms with Crippen molar-refractivity contribution in [1.82, 2.24) is 4.90 Å². The Morgan fingerprint density at radius 3 is 2.33 bits per heavy atom. The molecule has 2 rings (SSSR count). The van der Waals surface area contributed by atoms with Gasteiger partial charge in [-0.2, -0.15) is 0 Å². The molecule has 1 heterocycles. The topological polar surface area (TPSA) is 32.5 Å². The van der Waals surface area contributed by atoms with Crippen molar-refractivity contribution >= 4 is 5.69 Å². The van der Waals surface area contributed by atoms with E-state index >= 15 is 0 Å². The van der Waals surface area contributed by atoms with Gasteiger partial charge in [-0.3, -0.25) is 0 Å². The monoisotopic (exact) mass is 255 g/mol. The lowest BCUT2D eigenvalue weighted by molar-refractivity contribution is 0.270. The maximum absolute atomic E-state index is 13.9. The van der Waals surface area contributed by atoms with Crippen LogP contribution in [0.5, 0.6) is 0 Å². The summed E-state index contributed by atoms with van der Waals surface area (Å²) in [6.07, 6.45) is 0. The number of rotatable bonds is 3. The SMILES string of the molecule is CCN1CCN(c2ccc(CN)c(F)c2F)CC1. The molecule has 3 nitrogen and oxygen atoms in total. The minimum Gasteiger partial charge on any atom is -0.367 e. The Bertz CT molecular complexity index is 415. The fourth-order valence-electron chi connectivity index (χ4n) is 2.29. The van der Waals surface area contributed by atoms with Crippen molar-refractivity contribution in [3.05, 3.63) is 29.3 Å². The molecule has 1 fully saturated rings. The third kappa shape index (κ3) is 2.47. The number of hydrogen-bond donors (Lipinski definition) is 1. The molecule has 1 aliphatic rings. The molecule has 18 heavy (non-hydrogen) atoms. The van der Waals surface area contributed by atoms with Crippen molar-refractivity contribution in [2.45, 2.75) is 13.5 Å². The van der Waals surface area contributed by atoms with E-state index in [1.54, 1.807) is 12.1 Å². The molecule has 2 N–H and O–H groups in total. The van der Waals surface area contributed by atoms with Gasteiger partial charge in [0.25, 0.3) is 0 Å². The Morgan fingerprint density at radius 2 is 1.78 bits per heavy atom. The van der Waals surface area contributed by atoms with Gasteiger partial charge in [0.1, 0.15) is 0 Å². The Hall–Kier alpha value is -1.20. The first-order valence-corrected chi connectivity index (χ1v) is 6.31. The lowest BCUT2D eigenvalue weighted by Crippen LogP contribution is -2.46. The van der Waals surface area contributed by atoms with Crippen LogP contribution in [-0.2, 0) is 6.54 Å². The molecule has 0 unspecified atom stereocenters. The first-order chi connectivity index (χ1) is 8.67. The highest BCUT2D eigenvalue weighted by molar-refractivity contribution is 5.50. The predicted octanol–water partition coefficient (Wildman–Crippen LogP) is 1.57. The first kappa shape index (κ1) is 13.2. The van der Waals surface area contributed by atoms with Gasteiger partial charge in [0.15, 0.2) is 11.6 Å². The van der Waals surface area contributed by atoms with Crippen LogP contribution >= 0.6 is 0 Å². The van der Waals surface area contributed by atoms with Crippen LogP contribution in [0.4, 0.5) is 14.5 Å². The lowest BCUT2D eigenvalue weighted by atomic mass is 10.1. The largest absolute Gasteiger partial charge is 0.367 e. The van der Waals surface area contributed by atoms with Crippen molar-refractivity contribution in [3.8, 4) is 0 Å². The fourth-order valence-corrected chi connectivity index (χ4v) is 2.29. The van der Waals surface area contributed by atoms with E-state index in [9.17, 15) is 8.78 Å². The number of halogens is 2. The van der Waals surface area contributed by atoms with Gasteiger partial charge < -0.3 is 15.5 Å². The molecule has 100 valence electrons. The van der Waals surface area contributed by atoms with Gasteiger partial charge in [0.05, 0.1) is 5.69 Å². The number of hydrogen-bond acceptors (Lipinski definition) is 3. The van der Waals surface area contributed by atoms with Crippen LogP contribution in [0.3, 0.4) is 0 Å². The van der Waals surface area contributed by atoms with Gasteiger partial charge in [-0.05, 0) is 12.6 Å². The highest BCUT2D eigenvalue weighted by Gasteiger charge is 2.21. The number of anilines is 1. The zero-order valence-corrected chi connectivity index (χ0v) is 10.6. The molecule has 1 aromatic rings. The van der Waals surface area contributed by atoms with Gasteiger partial charge in [-0.1, -0.05) is 13.0 Å². The zero-order valence-electron chi connectivity index (χ0n) is 10.6. The summed E-state index contributed by atoms with van der Waals surface area (Å²) in [6.45, 7) is 6.35. The summed E-state index contributed by atoms with van der Waals surface area (Å²) in [5, 5.41) is 0. The summed E-state index contributed by atoms with van der Waals surface area (Å²) in [5.74, 6) is -1.59. The number of nitrogens with two attached hydrogens (primary N) is 1. The third-order valence-electron chi connectivity index (χ3n) is 3.52. The van der Waals surface area contributed by atoms with Crippen molar-refractivity contribution in [2.24, 2.45) is 5.73 Å². The van der Waals surface area contributed by atoms with Gasteiger partial charge in [-0.15, -0.1) is 0 Å². The molecule has 1 aliphatic heterocycles. The number of piperazine rings is 1. The summed E-state index contributed by atoms with van der Waals surface area (Å²) < 4.78 is 27.6. The molecule has 0 aromatic heterocycles. The van der Waals surface area contributed by atoms with Gasteiger partial charge >= 0.3 is 0 Å². The Labute approximate surface area is 106 Å². The van der Waals surface area contributed by atoms with Crippen molar-refractivity contribution in [3.63, 3.8) is 0 Å². The predicted molar refractivity (Wildman–Crippen MR) is 68.6 cm³/mol. The van der Waals surface area contributed by atoms with Crippen molar-refractivity contribution in [2.75, 3.05) is 37.6 Å². The van der Waals surface area contributed by atoms with Crippen LogP contribution in [0.1, 0.15) is 12.5 Å². The maximum Gasteiger partial charge on any atom is 0.182 e. The van der Waals surface area contributed by atoms with Crippen LogP contribution in [0.25, 0.3) is 0 Å². The molecular weight excluding hydrogens is 236 g/mol. The van der Waals surface area contributed by atoms with E-state index < -0.39 is 11.6 Å². The molecule has 5 heteroatoms. The molecule has 1 saturated heterocycles. The first-order valence-electron chi connectivity index (χ1n) is 6.31. The second kappa shape index (κ2) is 5.63. The summed E-state index contributed by atoms with van der Waals surface area (Å²) in [4.78, 5) is 4.18. The van der Waals surface area contributed by atoms with E-state index in [0.717, 1.165) is 32.7 Å². The average Bonchev–Trinajstić information content (AvgIpc) is 2.42. The lowest BCUT2D eigenvalue weighted by Gasteiger charge is -2.35. The molecule has 0 atom stereocenters. The van der Waals surface area contributed by atoms with E-state index in [2.05, 4.69) is 11.8 Å². The zero-order chi connectivity index (χ0) is 13.1. The molecule has 0 aliphatic carbocycles. The normalized spacial score (nSPS) is 17.2. The van der Waals surface area contributed by atoms with Crippen LogP contribution in [0.15, 0.2) is 12.1 Å². The summed E-state index contributed by atoms with van der Waals surface area (Å²) in [6, 6.07) is 3.20. The Balaban J connectivity index is 2.17. The summed E-state index contributed by atoms with van der Waals surface area (Å²) in [5.41, 5.74) is 5.93. The van der Waals surface area contributed by atoms with Crippen LogP contribution < -0.4 is 10.6 Å². The summed E-state index contributed by atoms with van der Waals surface area (Å²) in [7, 11) is 0.